The van der Waals surface area contributed by atoms with E-state index in [4.69, 9.17) is 4.74 Å². The molecule has 1 aliphatic heterocycles. The number of benzene rings is 1. The van der Waals surface area contributed by atoms with Gasteiger partial charge in [-0.25, -0.2) is 21.9 Å². The second-order valence-electron chi connectivity index (χ2n) is 9.23. The van der Waals surface area contributed by atoms with E-state index < -0.39 is 33.7 Å². The van der Waals surface area contributed by atoms with Crippen LogP contribution in [0.25, 0.3) is 0 Å². The van der Waals surface area contributed by atoms with Gasteiger partial charge in [-0.15, -0.1) is 0 Å². The molecule has 0 amide bonds. The van der Waals surface area contributed by atoms with Crippen molar-refractivity contribution in [2.75, 3.05) is 12.9 Å². The van der Waals surface area contributed by atoms with Crippen LogP contribution in [0.1, 0.15) is 60.9 Å². The first-order chi connectivity index (χ1) is 15.6. The van der Waals surface area contributed by atoms with Crippen LogP contribution >= 0.6 is 0 Å². The third kappa shape index (κ3) is 5.36. The van der Waals surface area contributed by atoms with Gasteiger partial charge in [0.15, 0.2) is 0 Å². The molecule has 0 saturated heterocycles. The van der Waals surface area contributed by atoms with Crippen molar-refractivity contribution in [3.8, 4) is 0 Å². The Balaban J connectivity index is 1.47. The van der Waals surface area contributed by atoms with Crippen molar-refractivity contribution in [2.24, 2.45) is 0 Å². The number of hydrogen-bond donors (Lipinski definition) is 1. The molecule has 0 unspecified atom stereocenters. The van der Waals surface area contributed by atoms with Gasteiger partial charge in [0.1, 0.15) is 11.6 Å². The molecular weight excluding hydrogens is 450 g/mol. The lowest BCUT2D eigenvalue weighted by molar-refractivity contribution is -0.00200. The topological polar surface area (TPSA) is 77.4 Å². The second kappa shape index (κ2) is 9.64. The van der Waals surface area contributed by atoms with Gasteiger partial charge in [0, 0.05) is 22.9 Å². The maximum Gasteiger partial charge on any atom is 0.254 e. The number of ether oxygens (including phenoxy) is 1. The number of nitrogens with one attached hydrogen (secondary N) is 1. The Hall–Kier alpha value is -2.10. The fourth-order valence-electron chi connectivity index (χ4n) is 5.19. The largest absolute Gasteiger partial charge is 0.376 e. The molecule has 0 bridgehead atoms. The van der Waals surface area contributed by atoms with E-state index in [1.807, 2.05) is 6.07 Å². The minimum atomic E-state index is -3.46. The van der Waals surface area contributed by atoms with Gasteiger partial charge in [-0.05, 0) is 69.6 Å². The van der Waals surface area contributed by atoms with E-state index in [2.05, 4.69) is 4.72 Å². The van der Waals surface area contributed by atoms with E-state index in [1.54, 1.807) is 17.6 Å². The summed E-state index contributed by atoms with van der Waals surface area (Å²) >= 11 is 0. The number of hydrogen-bond acceptors (Lipinski definition) is 4. The molecule has 9 heteroatoms. The lowest BCUT2D eigenvalue weighted by Gasteiger charge is -2.37. The van der Waals surface area contributed by atoms with Crippen molar-refractivity contribution >= 4 is 10.0 Å². The highest BCUT2D eigenvalue weighted by Crippen LogP contribution is 2.37. The van der Waals surface area contributed by atoms with Crippen LogP contribution in [0, 0.1) is 18.6 Å². The van der Waals surface area contributed by atoms with Crippen LogP contribution in [0.4, 0.5) is 8.78 Å². The lowest BCUT2D eigenvalue weighted by Crippen LogP contribution is -2.49. The zero-order valence-electron chi connectivity index (χ0n) is 18.9. The first-order valence-corrected chi connectivity index (χ1v) is 13.3. The number of rotatable bonds is 6. The second-order valence-corrected chi connectivity index (χ2v) is 11.0. The van der Waals surface area contributed by atoms with Crippen molar-refractivity contribution in [1.82, 2.24) is 9.29 Å². The standard InChI is InChI=1S/C24H30F2N2O4S/c1-15-6-9-17-10-13-21(27-33(2,30)31)22(28(17)24(15)29)14-32-18-11-7-16(8-12-18)23-19(25)4-3-5-20(23)26/h3-6,9,16,18,21-22,27H,7-8,10-14H2,1-2H3/t16?,18?,21-,22-/m0/s1. The Bertz CT molecular complexity index is 1150. The van der Waals surface area contributed by atoms with E-state index in [0.29, 0.717) is 44.1 Å². The van der Waals surface area contributed by atoms with Gasteiger partial charge in [-0.1, -0.05) is 12.1 Å². The molecule has 0 radical (unpaired) electrons. The fraction of sp³-hybridized carbons (Fsp3) is 0.542. The van der Waals surface area contributed by atoms with Crippen LogP contribution in [0.3, 0.4) is 0 Å². The summed E-state index contributed by atoms with van der Waals surface area (Å²) in [6.45, 7) is 1.93. The molecule has 2 aliphatic rings. The van der Waals surface area contributed by atoms with Gasteiger partial charge in [-0.2, -0.15) is 0 Å². The Labute approximate surface area is 193 Å². The molecule has 1 N–H and O–H groups in total. The van der Waals surface area contributed by atoms with E-state index in [9.17, 15) is 22.0 Å². The quantitative estimate of drug-likeness (QED) is 0.686. The Morgan fingerprint density at radius 3 is 2.36 bits per heavy atom. The third-order valence-corrected chi connectivity index (χ3v) is 7.58. The van der Waals surface area contributed by atoms with E-state index in [1.165, 1.54) is 18.2 Å². The average molecular weight is 481 g/mol. The summed E-state index contributed by atoms with van der Waals surface area (Å²) in [5, 5.41) is 0. The Kier molecular flexibility index (Phi) is 7.02. The number of pyridine rings is 1. The maximum absolute atomic E-state index is 14.2. The van der Waals surface area contributed by atoms with Gasteiger partial charge < -0.3 is 9.30 Å². The summed E-state index contributed by atoms with van der Waals surface area (Å²) in [6.07, 6.45) is 4.67. The molecule has 1 aliphatic carbocycles. The number of nitrogens with zero attached hydrogens (tertiary/aromatic N) is 1. The number of aryl methyl sites for hydroxylation is 2. The molecular formula is C24H30F2N2O4S. The smallest absolute Gasteiger partial charge is 0.254 e. The predicted octanol–water partition coefficient (Wildman–Crippen LogP) is 3.58. The summed E-state index contributed by atoms with van der Waals surface area (Å²) in [4.78, 5) is 12.9. The zero-order valence-corrected chi connectivity index (χ0v) is 19.7. The first kappa shape index (κ1) is 24.0. The predicted molar refractivity (Wildman–Crippen MR) is 122 cm³/mol. The lowest BCUT2D eigenvalue weighted by atomic mass is 9.82. The van der Waals surface area contributed by atoms with E-state index in [0.717, 1.165) is 11.9 Å². The van der Waals surface area contributed by atoms with Crippen LogP contribution in [-0.4, -0.2) is 38.0 Å². The highest BCUT2D eigenvalue weighted by molar-refractivity contribution is 7.88. The summed E-state index contributed by atoms with van der Waals surface area (Å²) in [6, 6.07) is 6.74. The van der Waals surface area contributed by atoms with Gasteiger partial charge in [0.05, 0.1) is 25.0 Å². The van der Waals surface area contributed by atoms with Crippen LogP contribution in [0.15, 0.2) is 35.1 Å². The van der Waals surface area contributed by atoms with Gasteiger partial charge in [0.2, 0.25) is 10.0 Å². The summed E-state index contributed by atoms with van der Waals surface area (Å²) < 4.78 is 62.7. The molecule has 0 spiro atoms. The van der Waals surface area contributed by atoms with Gasteiger partial charge in [-0.3, -0.25) is 4.79 Å². The molecule has 1 aromatic heterocycles. The normalized spacial score (nSPS) is 25.6. The monoisotopic (exact) mass is 480 g/mol. The van der Waals surface area contributed by atoms with Crippen LogP contribution in [-0.2, 0) is 21.2 Å². The summed E-state index contributed by atoms with van der Waals surface area (Å²) in [5.74, 6) is -1.21. The molecule has 1 fully saturated rings. The number of sulfonamides is 1. The summed E-state index contributed by atoms with van der Waals surface area (Å²) in [7, 11) is -3.46. The van der Waals surface area contributed by atoms with Gasteiger partial charge >= 0.3 is 0 Å². The molecule has 2 heterocycles. The van der Waals surface area contributed by atoms with Crippen LogP contribution in [0.2, 0.25) is 0 Å². The van der Waals surface area contributed by atoms with E-state index >= 15 is 0 Å². The third-order valence-electron chi connectivity index (χ3n) is 6.85. The molecule has 1 aromatic carbocycles. The van der Waals surface area contributed by atoms with Crippen molar-refractivity contribution in [3.05, 3.63) is 69.1 Å². The molecule has 6 nitrogen and oxygen atoms in total. The maximum atomic E-state index is 14.2. The van der Waals surface area contributed by atoms with Crippen LogP contribution < -0.4 is 10.3 Å². The Morgan fingerprint density at radius 1 is 1.06 bits per heavy atom. The van der Waals surface area contributed by atoms with Crippen molar-refractivity contribution in [2.45, 2.75) is 69.6 Å². The highest BCUT2D eigenvalue weighted by Gasteiger charge is 2.34. The molecule has 2 atom stereocenters. The van der Waals surface area contributed by atoms with E-state index in [-0.39, 0.29) is 29.8 Å². The fourth-order valence-corrected chi connectivity index (χ4v) is 6.02. The van der Waals surface area contributed by atoms with Gasteiger partial charge in [0.25, 0.3) is 5.56 Å². The molecule has 33 heavy (non-hydrogen) atoms. The first-order valence-electron chi connectivity index (χ1n) is 11.4. The van der Waals surface area contributed by atoms with Crippen LogP contribution in [0.5, 0.6) is 0 Å². The summed E-state index contributed by atoms with van der Waals surface area (Å²) in [5.41, 5.74) is 1.47. The van der Waals surface area contributed by atoms with Crippen molar-refractivity contribution < 1.29 is 21.9 Å². The Morgan fingerprint density at radius 2 is 1.73 bits per heavy atom. The number of aromatic nitrogens is 1. The van der Waals surface area contributed by atoms with Crippen molar-refractivity contribution in [1.29, 1.82) is 0 Å². The molecule has 1 saturated carbocycles. The average Bonchev–Trinajstić information content (AvgIpc) is 2.75. The minimum absolute atomic E-state index is 0.110. The zero-order chi connectivity index (χ0) is 23.8. The minimum Gasteiger partial charge on any atom is -0.376 e. The highest BCUT2D eigenvalue weighted by atomic mass is 32.2. The molecule has 2 aromatic rings. The molecule has 180 valence electrons. The molecule has 4 rings (SSSR count). The van der Waals surface area contributed by atoms with Crippen molar-refractivity contribution in [3.63, 3.8) is 0 Å². The number of fused-ring (bicyclic) bond motifs is 1. The SMILES string of the molecule is Cc1ccc2n(c1=O)[C@@H](COC1CCC(c3c(F)cccc3F)CC1)[C@@H](NS(C)(=O)=O)CC2. The number of halogens is 2.